The normalized spacial score (nSPS) is 10.6. The summed E-state index contributed by atoms with van der Waals surface area (Å²) in [4.78, 5) is 12.1. The Hall–Kier alpha value is -3.28. The second-order valence-corrected chi connectivity index (χ2v) is 6.62. The van der Waals surface area contributed by atoms with E-state index in [0.29, 0.717) is 38.2 Å². The van der Waals surface area contributed by atoms with Crippen molar-refractivity contribution in [3.8, 4) is 22.8 Å². The van der Waals surface area contributed by atoms with E-state index in [2.05, 4.69) is 10.5 Å². The lowest BCUT2D eigenvalue weighted by atomic mass is 10.1. The first-order valence-corrected chi connectivity index (χ1v) is 9.76. The zero-order valence-corrected chi connectivity index (χ0v) is 16.8. The van der Waals surface area contributed by atoms with E-state index in [1.807, 2.05) is 61.5 Å². The van der Waals surface area contributed by atoms with Crippen molar-refractivity contribution in [2.24, 2.45) is 0 Å². The fourth-order valence-electron chi connectivity index (χ4n) is 2.95. The molecular weight excluding hydrogens is 368 g/mol. The summed E-state index contributed by atoms with van der Waals surface area (Å²) in [5.74, 6) is 2.34. The van der Waals surface area contributed by atoms with Crippen molar-refractivity contribution in [1.29, 1.82) is 0 Å². The summed E-state index contributed by atoms with van der Waals surface area (Å²) in [6.07, 6.45) is 1.83. The van der Waals surface area contributed by atoms with Crippen molar-refractivity contribution in [2.45, 2.75) is 32.7 Å². The number of aromatic nitrogens is 1. The van der Waals surface area contributed by atoms with Gasteiger partial charge >= 0.3 is 0 Å². The second-order valence-electron chi connectivity index (χ2n) is 6.62. The molecule has 1 heterocycles. The number of ether oxygens (including phenoxy) is 2. The van der Waals surface area contributed by atoms with Gasteiger partial charge in [0.15, 0.2) is 5.76 Å². The molecule has 0 aliphatic heterocycles. The minimum absolute atomic E-state index is 0.0167. The predicted molar refractivity (Wildman–Crippen MR) is 111 cm³/mol. The van der Waals surface area contributed by atoms with Gasteiger partial charge in [-0.25, -0.2) is 0 Å². The van der Waals surface area contributed by atoms with E-state index >= 15 is 0 Å². The van der Waals surface area contributed by atoms with Crippen LogP contribution in [0.25, 0.3) is 11.3 Å². The molecule has 1 N–H and O–H groups in total. The number of hydrogen-bond donors (Lipinski definition) is 1. The van der Waals surface area contributed by atoms with Crippen LogP contribution >= 0.6 is 0 Å². The highest BCUT2D eigenvalue weighted by Gasteiger charge is 2.09. The van der Waals surface area contributed by atoms with Crippen LogP contribution in [0.2, 0.25) is 0 Å². The molecule has 2 aromatic carbocycles. The Balaban J connectivity index is 1.43. The van der Waals surface area contributed by atoms with Crippen molar-refractivity contribution in [3.05, 3.63) is 65.9 Å². The third kappa shape index (κ3) is 6.10. The van der Waals surface area contributed by atoms with Crippen LogP contribution < -0.4 is 14.8 Å². The topological polar surface area (TPSA) is 73.6 Å². The molecule has 152 valence electrons. The van der Waals surface area contributed by atoms with Crippen molar-refractivity contribution in [1.82, 2.24) is 10.5 Å². The van der Waals surface area contributed by atoms with Crippen LogP contribution in [0.15, 0.2) is 59.1 Å². The number of nitrogens with zero attached hydrogens (tertiary/aromatic N) is 1. The Bertz CT molecular complexity index is 919. The zero-order valence-electron chi connectivity index (χ0n) is 16.8. The minimum atomic E-state index is 0.0167. The Morgan fingerprint density at radius 3 is 2.69 bits per heavy atom. The fraction of sp³-hybridized carbons (Fsp3) is 0.304. The van der Waals surface area contributed by atoms with E-state index in [9.17, 15) is 4.79 Å². The molecule has 0 bridgehead atoms. The fourth-order valence-corrected chi connectivity index (χ4v) is 2.95. The number of rotatable bonds is 10. The van der Waals surface area contributed by atoms with Crippen molar-refractivity contribution in [2.75, 3.05) is 13.7 Å². The molecular formula is C23H26N2O4. The van der Waals surface area contributed by atoms with Crippen LogP contribution in [0.1, 0.15) is 31.0 Å². The standard InChI is InChI=1S/C23H26N2O4/c1-3-28-20-12-10-18(11-13-20)22-15-19(25-29-22)7-5-9-23(26)24-16-17-6-4-8-21(14-17)27-2/h4,6,8,10-15H,3,5,7,9,16H2,1-2H3,(H,24,26). The highest BCUT2D eigenvalue weighted by Crippen LogP contribution is 2.23. The van der Waals surface area contributed by atoms with Gasteiger partial charge in [0.1, 0.15) is 11.5 Å². The number of carbonyl (C=O) groups excluding carboxylic acids is 1. The van der Waals surface area contributed by atoms with Crippen LogP contribution in [0, 0.1) is 0 Å². The number of aryl methyl sites for hydroxylation is 1. The maximum atomic E-state index is 12.1. The molecule has 6 heteroatoms. The average molecular weight is 394 g/mol. The molecule has 0 unspecified atom stereocenters. The second kappa shape index (κ2) is 10.3. The number of methoxy groups -OCH3 is 1. The molecule has 0 radical (unpaired) electrons. The summed E-state index contributed by atoms with van der Waals surface area (Å²) in [5, 5.41) is 7.04. The highest BCUT2D eigenvalue weighted by atomic mass is 16.5. The zero-order chi connectivity index (χ0) is 20.5. The number of carbonyl (C=O) groups is 1. The van der Waals surface area contributed by atoms with Gasteiger partial charge in [-0.1, -0.05) is 17.3 Å². The molecule has 0 fully saturated rings. The summed E-state index contributed by atoms with van der Waals surface area (Å²) in [6.45, 7) is 3.08. The molecule has 3 aromatic rings. The van der Waals surface area contributed by atoms with Crippen LogP contribution in [-0.2, 0) is 17.8 Å². The summed E-state index contributed by atoms with van der Waals surface area (Å²) in [7, 11) is 1.63. The first-order valence-electron chi connectivity index (χ1n) is 9.76. The molecule has 0 aliphatic rings. The lowest BCUT2D eigenvalue weighted by Crippen LogP contribution is -2.22. The van der Waals surface area contributed by atoms with Gasteiger partial charge in [-0.2, -0.15) is 0 Å². The Morgan fingerprint density at radius 2 is 1.93 bits per heavy atom. The molecule has 29 heavy (non-hydrogen) atoms. The van der Waals surface area contributed by atoms with E-state index in [0.717, 1.165) is 28.3 Å². The summed E-state index contributed by atoms with van der Waals surface area (Å²) < 4.78 is 16.1. The van der Waals surface area contributed by atoms with Gasteiger partial charge in [0.25, 0.3) is 0 Å². The monoisotopic (exact) mass is 394 g/mol. The lowest BCUT2D eigenvalue weighted by molar-refractivity contribution is -0.121. The van der Waals surface area contributed by atoms with Gasteiger partial charge in [0.2, 0.25) is 5.91 Å². The Morgan fingerprint density at radius 1 is 1.10 bits per heavy atom. The SMILES string of the molecule is CCOc1ccc(-c2cc(CCCC(=O)NCc3cccc(OC)c3)no2)cc1. The van der Waals surface area contributed by atoms with Crippen molar-refractivity contribution < 1.29 is 18.8 Å². The lowest BCUT2D eigenvalue weighted by Gasteiger charge is -2.06. The molecule has 0 saturated heterocycles. The van der Waals surface area contributed by atoms with E-state index in [-0.39, 0.29) is 5.91 Å². The predicted octanol–water partition coefficient (Wildman–Crippen LogP) is 4.39. The van der Waals surface area contributed by atoms with Crippen molar-refractivity contribution >= 4 is 5.91 Å². The third-order valence-corrected chi connectivity index (χ3v) is 4.47. The molecule has 3 rings (SSSR count). The van der Waals surface area contributed by atoms with Crippen molar-refractivity contribution in [3.63, 3.8) is 0 Å². The first-order chi connectivity index (χ1) is 14.2. The van der Waals surface area contributed by atoms with E-state index in [1.54, 1.807) is 7.11 Å². The smallest absolute Gasteiger partial charge is 0.220 e. The summed E-state index contributed by atoms with van der Waals surface area (Å²) >= 11 is 0. The third-order valence-electron chi connectivity index (χ3n) is 4.47. The average Bonchev–Trinajstić information content (AvgIpc) is 3.22. The number of hydrogen-bond acceptors (Lipinski definition) is 5. The first kappa shape index (κ1) is 20.5. The van der Waals surface area contributed by atoms with Crippen LogP contribution in [0.3, 0.4) is 0 Å². The van der Waals surface area contributed by atoms with Crippen LogP contribution in [-0.4, -0.2) is 24.8 Å². The van der Waals surface area contributed by atoms with Gasteiger partial charge in [0, 0.05) is 24.6 Å². The van der Waals surface area contributed by atoms with Gasteiger partial charge in [-0.05, 0) is 61.7 Å². The number of benzene rings is 2. The summed E-state index contributed by atoms with van der Waals surface area (Å²) in [6, 6.07) is 17.3. The van der Waals surface area contributed by atoms with Gasteiger partial charge in [-0.3, -0.25) is 4.79 Å². The molecule has 1 aromatic heterocycles. The van der Waals surface area contributed by atoms with Gasteiger partial charge in [-0.15, -0.1) is 0 Å². The van der Waals surface area contributed by atoms with Gasteiger partial charge < -0.3 is 19.3 Å². The minimum Gasteiger partial charge on any atom is -0.497 e. The molecule has 0 spiro atoms. The largest absolute Gasteiger partial charge is 0.497 e. The van der Waals surface area contributed by atoms with E-state index < -0.39 is 0 Å². The van der Waals surface area contributed by atoms with E-state index in [4.69, 9.17) is 14.0 Å². The molecule has 6 nitrogen and oxygen atoms in total. The molecule has 1 amide bonds. The maximum Gasteiger partial charge on any atom is 0.220 e. The van der Waals surface area contributed by atoms with Crippen LogP contribution in [0.5, 0.6) is 11.5 Å². The molecule has 0 atom stereocenters. The molecule has 0 aliphatic carbocycles. The Labute approximate surface area is 170 Å². The van der Waals surface area contributed by atoms with E-state index in [1.165, 1.54) is 0 Å². The molecule has 0 saturated carbocycles. The highest BCUT2D eigenvalue weighted by molar-refractivity contribution is 5.75. The maximum absolute atomic E-state index is 12.1. The number of amides is 1. The van der Waals surface area contributed by atoms with Gasteiger partial charge in [0.05, 0.1) is 19.4 Å². The Kier molecular flexibility index (Phi) is 7.28. The quantitative estimate of drug-likeness (QED) is 0.552. The number of nitrogens with one attached hydrogen (secondary N) is 1. The van der Waals surface area contributed by atoms with Crippen LogP contribution in [0.4, 0.5) is 0 Å². The summed E-state index contributed by atoms with van der Waals surface area (Å²) in [5.41, 5.74) is 2.80.